The molecule has 0 unspecified atom stereocenters. The molecule has 7 heteroatoms. The molecular formula is C21H17N3O3S. The van der Waals surface area contributed by atoms with Gasteiger partial charge in [0.15, 0.2) is 6.61 Å². The normalized spacial score (nSPS) is 10.9. The molecule has 0 saturated carbocycles. The van der Waals surface area contributed by atoms with Crippen LogP contribution in [0.4, 0.5) is 0 Å². The van der Waals surface area contributed by atoms with Crippen LogP contribution in [-0.2, 0) is 4.74 Å². The molecule has 0 spiro atoms. The molecule has 0 aliphatic heterocycles. The summed E-state index contributed by atoms with van der Waals surface area (Å²) in [6.45, 7) is 3.54. The fourth-order valence-electron chi connectivity index (χ4n) is 2.99. The molecule has 0 fully saturated rings. The van der Waals surface area contributed by atoms with E-state index in [9.17, 15) is 9.59 Å². The van der Waals surface area contributed by atoms with Gasteiger partial charge in [-0.2, -0.15) is 0 Å². The third-order valence-corrected chi connectivity index (χ3v) is 5.33. The van der Waals surface area contributed by atoms with Gasteiger partial charge < -0.3 is 4.74 Å². The Kier molecular flexibility index (Phi) is 4.75. The summed E-state index contributed by atoms with van der Waals surface area (Å²) < 4.78 is 7.01. The maximum absolute atomic E-state index is 12.3. The molecule has 28 heavy (non-hydrogen) atoms. The molecule has 3 heterocycles. The number of benzene rings is 1. The first-order chi connectivity index (χ1) is 13.5. The van der Waals surface area contributed by atoms with Gasteiger partial charge in [0.1, 0.15) is 12.1 Å². The van der Waals surface area contributed by atoms with Crippen molar-refractivity contribution in [3.63, 3.8) is 0 Å². The largest absolute Gasteiger partial charge is 0.454 e. The number of nitrogens with zero attached hydrogens (tertiary/aromatic N) is 3. The molecule has 1 aromatic carbocycles. The predicted molar refractivity (Wildman–Crippen MR) is 107 cm³/mol. The van der Waals surface area contributed by atoms with E-state index in [0.29, 0.717) is 16.9 Å². The Balaban J connectivity index is 1.45. The number of fused-ring (bicyclic) bond motifs is 1. The molecule has 140 valence electrons. The lowest BCUT2D eigenvalue weighted by atomic mass is 10.2. The van der Waals surface area contributed by atoms with Crippen molar-refractivity contribution in [2.24, 2.45) is 0 Å². The number of ketones is 1. The molecule has 0 amide bonds. The topological polar surface area (TPSA) is 74.1 Å². The highest BCUT2D eigenvalue weighted by molar-refractivity contribution is 7.12. The number of carbonyl (C=O) groups is 2. The quantitative estimate of drug-likeness (QED) is 0.378. The first kappa shape index (κ1) is 18.1. The highest BCUT2D eigenvalue weighted by Crippen LogP contribution is 2.21. The average Bonchev–Trinajstić information content (AvgIpc) is 3.28. The van der Waals surface area contributed by atoms with Gasteiger partial charge in [-0.05, 0) is 44.2 Å². The molecule has 0 aliphatic rings. The molecule has 6 nitrogen and oxygen atoms in total. The Morgan fingerprint density at radius 3 is 2.64 bits per heavy atom. The number of Topliss-reactive ketones (excluding diaryl/α,β-unsaturated/α-hetero) is 1. The van der Waals surface area contributed by atoms with E-state index in [1.165, 1.54) is 6.20 Å². The van der Waals surface area contributed by atoms with Gasteiger partial charge in [0, 0.05) is 21.5 Å². The van der Waals surface area contributed by atoms with Crippen LogP contribution in [-0.4, -0.2) is 32.9 Å². The molecule has 0 bridgehead atoms. The molecule has 0 radical (unpaired) electrons. The number of imidazole rings is 1. The number of carbonyl (C=O) groups excluding carboxylic acids is 2. The van der Waals surface area contributed by atoms with Crippen LogP contribution in [0.15, 0.2) is 55.0 Å². The second kappa shape index (κ2) is 7.36. The minimum Gasteiger partial charge on any atom is -0.454 e. The number of aryl methyl sites for hydroxylation is 2. The van der Waals surface area contributed by atoms with Gasteiger partial charge in [0.25, 0.3) is 0 Å². The fraction of sp³-hybridized carbons (Fsp3) is 0.143. The lowest BCUT2D eigenvalue weighted by Gasteiger charge is -2.06. The minimum atomic E-state index is -0.576. The standard InChI is InChI=1S/C21H17N3O3S/c1-13-9-16(14(2)28-13)19(25)11-27-21(26)15-7-8-20(22-10-15)24-12-23-17-5-3-4-6-18(17)24/h3-10,12H,11H2,1-2H3. The number of aromatic nitrogens is 3. The van der Waals surface area contributed by atoms with Crippen LogP contribution in [0.25, 0.3) is 16.9 Å². The van der Waals surface area contributed by atoms with E-state index in [1.807, 2.05) is 48.7 Å². The summed E-state index contributed by atoms with van der Waals surface area (Å²) in [5.74, 6) is -0.136. The van der Waals surface area contributed by atoms with Crippen molar-refractivity contribution in [2.75, 3.05) is 6.61 Å². The van der Waals surface area contributed by atoms with Crippen LogP contribution < -0.4 is 0 Å². The van der Waals surface area contributed by atoms with E-state index in [1.54, 1.807) is 29.8 Å². The van der Waals surface area contributed by atoms with Gasteiger partial charge in [-0.3, -0.25) is 9.36 Å². The van der Waals surface area contributed by atoms with Gasteiger partial charge in [-0.25, -0.2) is 14.8 Å². The minimum absolute atomic E-state index is 0.204. The molecular weight excluding hydrogens is 374 g/mol. The van der Waals surface area contributed by atoms with Crippen molar-refractivity contribution in [1.29, 1.82) is 0 Å². The van der Waals surface area contributed by atoms with Crippen LogP contribution in [0.3, 0.4) is 0 Å². The summed E-state index contributed by atoms with van der Waals surface area (Å²) in [6, 6.07) is 12.9. The number of hydrogen-bond acceptors (Lipinski definition) is 6. The molecule has 0 saturated heterocycles. The van der Waals surface area contributed by atoms with E-state index in [2.05, 4.69) is 9.97 Å². The summed E-state index contributed by atoms with van der Waals surface area (Å²) in [5, 5.41) is 0. The van der Waals surface area contributed by atoms with E-state index in [-0.39, 0.29) is 12.4 Å². The summed E-state index contributed by atoms with van der Waals surface area (Å²) in [5.41, 5.74) is 2.69. The van der Waals surface area contributed by atoms with Crippen LogP contribution in [0.1, 0.15) is 30.5 Å². The Bertz CT molecular complexity index is 1180. The second-order valence-corrected chi connectivity index (χ2v) is 7.80. The monoisotopic (exact) mass is 391 g/mol. The maximum atomic E-state index is 12.3. The fourth-order valence-corrected chi connectivity index (χ4v) is 3.93. The van der Waals surface area contributed by atoms with Crippen LogP contribution in [0, 0.1) is 13.8 Å². The average molecular weight is 391 g/mol. The van der Waals surface area contributed by atoms with E-state index in [4.69, 9.17) is 4.74 Å². The Morgan fingerprint density at radius 2 is 1.93 bits per heavy atom. The van der Waals surface area contributed by atoms with Crippen LogP contribution in [0.2, 0.25) is 0 Å². The summed E-state index contributed by atoms with van der Waals surface area (Å²) >= 11 is 1.55. The van der Waals surface area contributed by atoms with Crippen molar-refractivity contribution in [2.45, 2.75) is 13.8 Å². The molecule has 4 rings (SSSR count). The van der Waals surface area contributed by atoms with Crippen LogP contribution >= 0.6 is 11.3 Å². The highest BCUT2D eigenvalue weighted by atomic mass is 32.1. The van der Waals surface area contributed by atoms with E-state index < -0.39 is 5.97 Å². The van der Waals surface area contributed by atoms with Crippen LogP contribution in [0.5, 0.6) is 0 Å². The zero-order valence-corrected chi connectivity index (χ0v) is 16.2. The second-order valence-electron chi connectivity index (χ2n) is 6.33. The molecule has 0 N–H and O–H groups in total. The van der Waals surface area contributed by atoms with Gasteiger partial charge in [-0.1, -0.05) is 12.1 Å². The number of esters is 1. The lowest BCUT2D eigenvalue weighted by Crippen LogP contribution is -2.14. The first-order valence-electron chi connectivity index (χ1n) is 8.69. The zero-order chi connectivity index (χ0) is 19.7. The van der Waals surface area contributed by atoms with Gasteiger partial charge in [0.05, 0.1) is 16.6 Å². The molecule has 3 aromatic heterocycles. The van der Waals surface area contributed by atoms with Crippen molar-refractivity contribution < 1.29 is 14.3 Å². The predicted octanol–water partition coefficient (Wildman–Crippen LogP) is 4.14. The zero-order valence-electron chi connectivity index (χ0n) is 15.4. The van der Waals surface area contributed by atoms with Crippen molar-refractivity contribution in [1.82, 2.24) is 14.5 Å². The van der Waals surface area contributed by atoms with E-state index >= 15 is 0 Å². The Hall–Kier alpha value is -3.32. The number of pyridine rings is 1. The smallest absolute Gasteiger partial charge is 0.340 e. The van der Waals surface area contributed by atoms with Gasteiger partial charge in [0.2, 0.25) is 5.78 Å². The third-order valence-electron chi connectivity index (χ3n) is 4.36. The van der Waals surface area contributed by atoms with Crippen molar-refractivity contribution in [3.8, 4) is 5.82 Å². The molecule has 4 aromatic rings. The van der Waals surface area contributed by atoms with E-state index in [0.717, 1.165) is 20.8 Å². The molecule has 0 atom stereocenters. The number of rotatable bonds is 5. The number of thiophene rings is 1. The highest BCUT2D eigenvalue weighted by Gasteiger charge is 2.16. The summed E-state index contributed by atoms with van der Waals surface area (Å²) in [4.78, 5) is 35.2. The molecule has 0 aliphatic carbocycles. The van der Waals surface area contributed by atoms with Crippen molar-refractivity contribution in [3.05, 3.63) is 75.9 Å². The number of ether oxygens (including phenoxy) is 1. The number of para-hydroxylation sites is 2. The summed E-state index contributed by atoms with van der Waals surface area (Å²) in [6.07, 6.45) is 3.13. The van der Waals surface area contributed by atoms with Gasteiger partial charge >= 0.3 is 5.97 Å². The maximum Gasteiger partial charge on any atom is 0.340 e. The Morgan fingerprint density at radius 1 is 1.11 bits per heavy atom. The summed E-state index contributed by atoms with van der Waals surface area (Å²) in [7, 11) is 0. The van der Waals surface area contributed by atoms with Crippen molar-refractivity contribution >= 4 is 34.1 Å². The first-order valence-corrected chi connectivity index (χ1v) is 9.50. The SMILES string of the molecule is Cc1cc(C(=O)COC(=O)c2ccc(-n3cnc4ccccc43)nc2)c(C)s1. The lowest BCUT2D eigenvalue weighted by molar-refractivity contribution is 0.0474. The third kappa shape index (κ3) is 3.44. The Labute approximate surface area is 165 Å². The van der Waals surface area contributed by atoms with Gasteiger partial charge in [-0.15, -0.1) is 11.3 Å². The number of hydrogen-bond donors (Lipinski definition) is 0.